The van der Waals surface area contributed by atoms with Gasteiger partial charge in [-0.25, -0.2) is 4.98 Å². The fourth-order valence-corrected chi connectivity index (χ4v) is 3.46. The average molecular weight is 326 g/mol. The Kier molecular flexibility index (Phi) is 4.39. The van der Waals surface area contributed by atoms with Gasteiger partial charge in [-0.1, -0.05) is 19.9 Å². The molecule has 0 spiro atoms. The zero-order chi connectivity index (χ0) is 16.4. The van der Waals surface area contributed by atoms with Crippen LogP contribution in [-0.2, 0) is 6.42 Å². The molecule has 2 aromatic heterocycles. The highest BCUT2D eigenvalue weighted by Crippen LogP contribution is 2.29. The number of nitrogens with zero attached hydrogens (tertiary/aromatic N) is 2. The van der Waals surface area contributed by atoms with Gasteiger partial charge in [-0.3, -0.25) is 9.20 Å². The number of carbonyl (C=O) groups excluding carboxylic acids is 1. The fourth-order valence-electron chi connectivity index (χ4n) is 2.63. The van der Waals surface area contributed by atoms with Crippen LogP contribution in [0.4, 0.5) is 0 Å². The molecule has 5 heteroatoms. The van der Waals surface area contributed by atoms with E-state index in [2.05, 4.69) is 4.98 Å². The molecular formula is C18H18N2O2S. The first-order chi connectivity index (χ1) is 11.2. The second kappa shape index (κ2) is 6.46. The van der Waals surface area contributed by atoms with E-state index in [1.165, 1.54) is 0 Å². The van der Waals surface area contributed by atoms with Gasteiger partial charge in [0.15, 0.2) is 0 Å². The number of thioether (sulfide) groups is 1. The van der Waals surface area contributed by atoms with Crippen molar-refractivity contribution < 1.29 is 9.90 Å². The molecule has 3 rings (SSSR count). The number of fused-ring (bicyclic) bond motifs is 1. The topological polar surface area (TPSA) is 54.6 Å². The van der Waals surface area contributed by atoms with Crippen LogP contribution in [0.2, 0.25) is 0 Å². The van der Waals surface area contributed by atoms with E-state index in [-0.39, 0.29) is 11.5 Å². The maximum absolute atomic E-state index is 13.2. The van der Waals surface area contributed by atoms with Crippen molar-refractivity contribution in [1.29, 1.82) is 0 Å². The SMILES string of the molecule is CCSc1cc(O)ccc1C(=O)c1c(CC)nc2ccccn12. The summed E-state index contributed by atoms with van der Waals surface area (Å²) >= 11 is 1.55. The predicted molar refractivity (Wildman–Crippen MR) is 92.5 cm³/mol. The van der Waals surface area contributed by atoms with Gasteiger partial charge in [0.25, 0.3) is 0 Å². The number of aromatic nitrogens is 2. The zero-order valence-corrected chi connectivity index (χ0v) is 13.9. The Labute approximate surface area is 139 Å². The molecule has 0 aliphatic heterocycles. The van der Waals surface area contributed by atoms with E-state index in [1.54, 1.807) is 30.0 Å². The lowest BCUT2D eigenvalue weighted by Crippen LogP contribution is -2.09. The van der Waals surface area contributed by atoms with Crippen LogP contribution in [0.15, 0.2) is 47.5 Å². The van der Waals surface area contributed by atoms with Crippen LogP contribution in [0.5, 0.6) is 5.75 Å². The highest BCUT2D eigenvalue weighted by atomic mass is 32.2. The van der Waals surface area contributed by atoms with Crippen molar-refractivity contribution in [2.24, 2.45) is 0 Å². The summed E-state index contributed by atoms with van der Waals surface area (Å²) in [6.07, 6.45) is 2.55. The monoisotopic (exact) mass is 326 g/mol. The summed E-state index contributed by atoms with van der Waals surface area (Å²) in [5.74, 6) is 0.945. The van der Waals surface area contributed by atoms with Gasteiger partial charge in [0.2, 0.25) is 5.78 Å². The highest BCUT2D eigenvalue weighted by Gasteiger charge is 2.22. The summed E-state index contributed by atoms with van der Waals surface area (Å²) < 4.78 is 1.84. The van der Waals surface area contributed by atoms with Gasteiger partial charge < -0.3 is 5.11 Å². The van der Waals surface area contributed by atoms with Gasteiger partial charge in [0.05, 0.1) is 5.69 Å². The molecule has 0 aliphatic rings. The Bertz CT molecular complexity index is 871. The Morgan fingerprint density at radius 2 is 2.09 bits per heavy atom. The van der Waals surface area contributed by atoms with Crippen LogP contribution < -0.4 is 0 Å². The van der Waals surface area contributed by atoms with Gasteiger partial charge in [-0.2, -0.15) is 0 Å². The van der Waals surface area contributed by atoms with E-state index in [0.717, 1.165) is 22.0 Å². The van der Waals surface area contributed by atoms with Crippen LogP contribution in [0.1, 0.15) is 35.6 Å². The van der Waals surface area contributed by atoms with E-state index < -0.39 is 0 Å². The minimum atomic E-state index is -0.0588. The molecule has 1 aromatic carbocycles. The molecule has 118 valence electrons. The predicted octanol–water partition coefficient (Wildman–Crippen LogP) is 3.95. The highest BCUT2D eigenvalue weighted by molar-refractivity contribution is 7.99. The zero-order valence-electron chi connectivity index (χ0n) is 13.1. The molecule has 0 saturated carbocycles. The molecule has 0 bridgehead atoms. The van der Waals surface area contributed by atoms with Crippen LogP contribution >= 0.6 is 11.8 Å². The van der Waals surface area contributed by atoms with Crippen molar-refractivity contribution in [1.82, 2.24) is 9.38 Å². The largest absolute Gasteiger partial charge is 0.508 e. The molecule has 0 radical (unpaired) electrons. The van der Waals surface area contributed by atoms with E-state index in [4.69, 9.17) is 0 Å². The molecule has 0 amide bonds. The fraction of sp³-hybridized carbons (Fsp3) is 0.222. The standard InChI is InChI=1S/C18H18N2O2S/c1-3-14-17(20-10-6-5-7-16(20)19-14)18(22)13-9-8-12(21)11-15(13)23-4-2/h5-11,21H,3-4H2,1-2H3. The quantitative estimate of drug-likeness (QED) is 0.570. The second-order valence-electron chi connectivity index (χ2n) is 5.13. The van der Waals surface area contributed by atoms with Crippen molar-refractivity contribution in [3.05, 3.63) is 59.5 Å². The summed E-state index contributed by atoms with van der Waals surface area (Å²) in [5.41, 5.74) is 2.78. The number of hydrogen-bond acceptors (Lipinski definition) is 4. The van der Waals surface area contributed by atoms with Crippen LogP contribution in [0.3, 0.4) is 0 Å². The van der Waals surface area contributed by atoms with Crippen molar-refractivity contribution >= 4 is 23.2 Å². The summed E-state index contributed by atoms with van der Waals surface area (Å²) in [6.45, 7) is 4.02. The first kappa shape index (κ1) is 15.6. The molecule has 1 N–H and O–H groups in total. The molecule has 0 saturated heterocycles. The molecule has 0 unspecified atom stereocenters. The number of phenolic OH excluding ortho intramolecular Hbond substituents is 1. The molecule has 23 heavy (non-hydrogen) atoms. The normalized spacial score (nSPS) is 11.0. The van der Waals surface area contributed by atoms with Crippen molar-refractivity contribution in [3.8, 4) is 5.75 Å². The van der Waals surface area contributed by atoms with Gasteiger partial charge in [0, 0.05) is 16.7 Å². The number of hydrogen-bond donors (Lipinski definition) is 1. The van der Waals surface area contributed by atoms with Gasteiger partial charge in [-0.15, -0.1) is 11.8 Å². The average Bonchev–Trinajstić information content (AvgIpc) is 2.93. The minimum Gasteiger partial charge on any atom is -0.508 e. The lowest BCUT2D eigenvalue weighted by molar-refractivity contribution is 0.103. The van der Waals surface area contributed by atoms with Crippen molar-refractivity contribution in [2.75, 3.05) is 5.75 Å². The van der Waals surface area contributed by atoms with Gasteiger partial charge >= 0.3 is 0 Å². The molecule has 2 heterocycles. The lowest BCUT2D eigenvalue weighted by Gasteiger charge is -2.09. The van der Waals surface area contributed by atoms with Crippen molar-refractivity contribution in [2.45, 2.75) is 25.2 Å². The maximum Gasteiger partial charge on any atom is 0.212 e. The third kappa shape index (κ3) is 2.84. The summed E-state index contributed by atoms with van der Waals surface area (Å²) in [4.78, 5) is 18.5. The van der Waals surface area contributed by atoms with Crippen LogP contribution in [0, 0.1) is 0 Å². The van der Waals surface area contributed by atoms with Crippen molar-refractivity contribution in [3.63, 3.8) is 0 Å². The summed E-state index contributed by atoms with van der Waals surface area (Å²) in [7, 11) is 0. The number of carbonyl (C=O) groups is 1. The number of ketones is 1. The number of phenols is 1. The number of rotatable bonds is 5. The van der Waals surface area contributed by atoms with Gasteiger partial charge in [-0.05, 0) is 42.5 Å². The van der Waals surface area contributed by atoms with E-state index >= 15 is 0 Å². The molecule has 3 aromatic rings. The number of benzene rings is 1. The van der Waals surface area contributed by atoms with Gasteiger partial charge in [0.1, 0.15) is 17.1 Å². The lowest BCUT2D eigenvalue weighted by atomic mass is 10.1. The third-order valence-electron chi connectivity index (χ3n) is 3.66. The summed E-state index contributed by atoms with van der Waals surface area (Å²) in [5, 5.41) is 9.71. The maximum atomic E-state index is 13.2. The van der Waals surface area contributed by atoms with Crippen LogP contribution in [-0.4, -0.2) is 26.0 Å². The molecule has 0 fully saturated rings. The number of aromatic hydroxyl groups is 1. The summed E-state index contributed by atoms with van der Waals surface area (Å²) in [6, 6.07) is 10.6. The first-order valence-electron chi connectivity index (χ1n) is 7.62. The molecule has 4 nitrogen and oxygen atoms in total. The van der Waals surface area contributed by atoms with Crippen LogP contribution in [0.25, 0.3) is 5.65 Å². The molecular weight excluding hydrogens is 308 g/mol. The van der Waals surface area contributed by atoms with E-state index in [1.807, 2.05) is 42.6 Å². The second-order valence-corrected chi connectivity index (χ2v) is 6.44. The first-order valence-corrected chi connectivity index (χ1v) is 8.60. The number of pyridine rings is 1. The molecule has 0 aliphatic carbocycles. The van der Waals surface area contributed by atoms with E-state index in [9.17, 15) is 9.90 Å². The number of aryl methyl sites for hydroxylation is 1. The smallest absolute Gasteiger partial charge is 0.212 e. The third-order valence-corrected chi connectivity index (χ3v) is 4.60. The molecule has 0 atom stereocenters. The Balaban J connectivity index is 2.18. The number of imidazole rings is 1. The Hall–Kier alpha value is -2.27. The Morgan fingerprint density at radius 3 is 2.83 bits per heavy atom. The van der Waals surface area contributed by atoms with E-state index in [0.29, 0.717) is 17.7 Å². The minimum absolute atomic E-state index is 0.0588. The Morgan fingerprint density at radius 1 is 1.26 bits per heavy atom.